The summed E-state index contributed by atoms with van der Waals surface area (Å²) < 4.78 is 30.6. The third kappa shape index (κ3) is 49.0. The molecule has 10 heteroatoms. The zero-order valence-corrected chi connectivity index (χ0v) is 45.8. The van der Waals surface area contributed by atoms with Crippen LogP contribution in [0.3, 0.4) is 0 Å². The van der Waals surface area contributed by atoms with E-state index in [4.69, 9.17) is 13.8 Å². The van der Waals surface area contributed by atoms with Gasteiger partial charge in [0.2, 0.25) is 5.91 Å². The Morgan fingerprint density at radius 2 is 0.866 bits per heavy atom. The fourth-order valence-electron chi connectivity index (χ4n) is 8.11. The van der Waals surface area contributed by atoms with Gasteiger partial charge < -0.3 is 19.4 Å². The van der Waals surface area contributed by atoms with Crippen molar-refractivity contribution in [3.05, 3.63) is 36.5 Å². The summed E-state index contributed by atoms with van der Waals surface area (Å²) in [5.74, 6) is -0.523. The summed E-state index contributed by atoms with van der Waals surface area (Å²) >= 11 is 0. The highest BCUT2D eigenvalue weighted by Crippen LogP contribution is 2.43. The lowest BCUT2D eigenvalue weighted by Crippen LogP contribution is -2.47. The van der Waals surface area contributed by atoms with E-state index in [9.17, 15) is 19.0 Å². The van der Waals surface area contributed by atoms with Crippen LogP contribution in [0, 0.1) is 0 Å². The smallest absolute Gasteiger partial charge is 0.456 e. The molecule has 2 N–H and O–H groups in total. The lowest BCUT2D eigenvalue weighted by Gasteiger charge is -2.27. The number of rotatable bonds is 51. The van der Waals surface area contributed by atoms with Crippen molar-refractivity contribution in [2.24, 2.45) is 0 Å². The molecule has 0 aromatic carbocycles. The van der Waals surface area contributed by atoms with Crippen molar-refractivity contribution in [3.63, 3.8) is 0 Å². The molecule has 0 saturated heterocycles. The molecule has 0 aromatic heterocycles. The van der Waals surface area contributed by atoms with Gasteiger partial charge >= 0.3 is 13.8 Å². The number of esters is 1. The molecule has 0 heterocycles. The zero-order valence-electron chi connectivity index (χ0n) is 44.9. The first-order valence-electron chi connectivity index (χ1n) is 28.3. The fourth-order valence-corrected chi connectivity index (χ4v) is 8.84. The molecule has 0 rings (SSSR count). The maximum absolute atomic E-state index is 13.5. The summed E-state index contributed by atoms with van der Waals surface area (Å²) in [5.41, 5.74) is 0. The third-order valence-corrected chi connectivity index (χ3v) is 13.5. The molecule has 0 fully saturated rings. The molecule has 0 aliphatic heterocycles. The van der Waals surface area contributed by atoms with Crippen LogP contribution in [0.5, 0.6) is 0 Å². The highest BCUT2D eigenvalue weighted by atomic mass is 31.2. The van der Waals surface area contributed by atoms with Gasteiger partial charge in [0.25, 0.3) is 0 Å². The maximum atomic E-state index is 13.5. The second-order valence-corrected chi connectivity index (χ2v) is 21.9. The van der Waals surface area contributed by atoms with Gasteiger partial charge in [-0.25, -0.2) is 4.57 Å². The average Bonchev–Trinajstić information content (AvgIpc) is 3.28. The first kappa shape index (κ1) is 65.2. The monoisotopic (exact) mass is 966 g/mol. The lowest BCUT2D eigenvalue weighted by atomic mass is 10.0. The Bertz CT molecular complexity index is 1250. The number of amides is 1. The maximum Gasteiger partial charge on any atom is 0.472 e. The molecule has 3 unspecified atom stereocenters. The van der Waals surface area contributed by atoms with Gasteiger partial charge in [0.1, 0.15) is 19.3 Å². The van der Waals surface area contributed by atoms with Gasteiger partial charge in [-0.15, -0.1) is 0 Å². The number of quaternary nitrogens is 1. The van der Waals surface area contributed by atoms with Crippen LogP contribution in [0.4, 0.5) is 0 Å². The molecule has 0 radical (unpaired) electrons. The molecule has 0 spiro atoms. The van der Waals surface area contributed by atoms with Crippen LogP contribution in [0.1, 0.15) is 265 Å². The third-order valence-electron chi connectivity index (χ3n) is 12.6. The minimum absolute atomic E-state index is 0.0381. The molecule has 394 valence electrons. The summed E-state index contributed by atoms with van der Waals surface area (Å²) in [6.45, 7) is 6.99. The minimum Gasteiger partial charge on any atom is -0.456 e. The molecular weight excluding hydrogens is 856 g/mol. The van der Waals surface area contributed by atoms with Crippen molar-refractivity contribution in [2.75, 3.05) is 40.9 Å². The average molecular weight is 966 g/mol. The second kappa shape index (κ2) is 47.9. The van der Waals surface area contributed by atoms with Crippen molar-refractivity contribution < 1.29 is 37.3 Å². The Balaban J connectivity index is 5.41. The molecule has 3 atom stereocenters. The Morgan fingerprint density at radius 3 is 1.30 bits per heavy atom. The number of phosphoric ester groups is 1. The highest BCUT2D eigenvalue weighted by Gasteiger charge is 2.30. The van der Waals surface area contributed by atoms with Crippen molar-refractivity contribution >= 4 is 19.7 Å². The fraction of sp³-hybridized carbons (Fsp3) is 0.860. The van der Waals surface area contributed by atoms with Crippen LogP contribution in [-0.2, 0) is 27.9 Å². The number of ether oxygens (including phenoxy) is 1. The minimum atomic E-state index is -4.44. The van der Waals surface area contributed by atoms with Crippen LogP contribution in [-0.4, -0.2) is 74.3 Å². The van der Waals surface area contributed by atoms with E-state index >= 15 is 0 Å². The summed E-state index contributed by atoms with van der Waals surface area (Å²) in [5, 5.41) is 3.04. The molecule has 1 amide bonds. The van der Waals surface area contributed by atoms with Crippen molar-refractivity contribution in [2.45, 2.75) is 277 Å². The van der Waals surface area contributed by atoms with E-state index in [-0.39, 0.29) is 31.5 Å². The second-order valence-electron chi connectivity index (χ2n) is 20.5. The molecule has 0 bridgehead atoms. The van der Waals surface area contributed by atoms with Gasteiger partial charge in [-0.3, -0.25) is 18.6 Å². The summed E-state index contributed by atoms with van der Waals surface area (Å²) in [6.07, 6.45) is 55.6. The number of hydrogen-bond acceptors (Lipinski definition) is 6. The van der Waals surface area contributed by atoms with Gasteiger partial charge in [0.05, 0.1) is 33.8 Å². The quantitative estimate of drug-likeness (QED) is 0.0205. The number of carbonyl (C=O) groups is 2. The van der Waals surface area contributed by atoms with Crippen molar-refractivity contribution in [1.82, 2.24) is 5.32 Å². The Kier molecular flexibility index (Phi) is 46.6. The zero-order chi connectivity index (χ0) is 49.4. The van der Waals surface area contributed by atoms with Crippen LogP contribution >= 0.6 is 7.82 Å². The topological polar surface area (TPSA) is 111 Å². The lowest BCUT2D eigenvalue weighted by molar-refractivity contribution is -0.870. The first-order valence-corrected chi connectivity index (χ1v) is 29.8. The van der Waals surface area contributed by atoms with E-state index in [2.05, 4.69) is 50.4 Å². The number of unbranched alkanes of at least 4 members (excludes halogenated alkanes) is 31. The van der Waals surface area contributed by atoms with Crippen LogP contribution in [0.2, 0.25) is 0 Å². The van der Waals surface area contributed by atoms with Crippen LogP contribution in [0.15, 0.2) is 36.5 Å². The number of hydrogen-bond donors (Lipinski definition) is 2. The largest absolute Gasteiger partial charge is 0.472 e. The number of allylic oxidation sites excluding steroid dienone is 5. The van der Waals surface area contributed by atoms with Crippen molar-refractivity contribution in [1.29, 1.82) is 0 Å². The highest BCUT2D eigenvalue weighted by molar-refractivity contribution is 7.47. The van der Waals surface area contributed by atoms with E-state index in [1.807, 2.05) is 33.3 Å². The number of carbonyl (C=O) groups excluding carboxylic acids is 2. The molecule has 0 aliphatic carbocycles. The van der Waals surface area contributed by atoms with Gasteiger partial charge in [0.15, 0.2) is 0 Å². The van der Waals surface area contributed by atoms with Gasteiger partial charge in [-0.05, 0) is 83.1 Å². The normalized spacial score (nSPS) is 14.1. The Hall–Kier alpha value is -1.77. The summed E-state index contributed by atoms with van der Waals surface area (Å²) in [6, 6.07) is -0.853. The molecular formula is C57H110N2O7P+. The molecule has 0 aliphatic rings. The predicted molar refractivity (Wildman–Crippen MR) is 286 cm³/mol. The van der Waals surface area contributed by atoms with Crippen LogP contribution < -0.4 is 5.32 Å². The SMILES string of the molecule is CCCCCC/C=C\CCCCCCCCCC(=O)OC(/C=C/CCCCCCCCCCCCC)C(COP(=O)(O)OCC[N+](C)(C)C)NC(=O)CCCCC/C=C\CCCCCCCC. The molecule has 9 nitrogen and oxygen atoms in total. The molecule has 0 saturated carbocycles. The molecule has 67 heavy (non-hydrogen) atoms. The van der Waals surface area contributed by atoms with Crippen LogP contribution in [0.25, 0.3) is 0 Å². The van der Waals surface area contributed by atoms with E-state index in [1.165, 1.54) is 154 Å². The van der Waals surface area contributed by atoms with Gasteiger partial charge in [-0.2, -0.15) is 0 Å². The van der Waals surface area contributed by atoms with Gasteiger partial charge in [-0.1, -0.05) is 205 Å². The predicted octanol–water partition coefficient (Wildman–Crippen LogP) is 16.8. The number of phosphoric acid groups is 1. The Morgan fingerprint density at radius 1 is 0.507 bits per heavy atom. The van der Waals surface area contributed by atoms with Gasteiger partial charge in [0, 0.05) is 12.8 Å². The van der Waals surface area contributed by atoms with E-state index in [0.717, 1.165) is 77.0 Å². The van der Waals surface area contributed by atoms with Crippen molar-refractivity contribution in [3.8, 4) is 0 Å². The first-order chi connectivity index (χ1) is 32.4. The number of nitrogens with one attached hydrogen (secondary N) is 1. The van der Waals surface area contributed by atoms with E-state index in [1.54, 1.807) is 0 Å². The summed E-state index contributed by atoms with van der Waals surface area (Å²) in [4.78, 5) is 37.5. The molecule has 0 aromatic rings. The number of likely N-dealkylation sites (N-methyl/N-ethyl adjacent to an activating group) is 1. The Labute approximate surface area is 415 Å². The van der Waals surface area contributed by atoms with E-state index in [0.29, 0.717) is 17.4 Å². The number of nitrogens with zero attached hydrogens (tertiary/aromatic N) is 1. The standard InChI is InChI=1S/C57H109N2O7P/c1-7-10-13-16-19-22-25-28-29-32-35-38-41-44-47-50-57(61)66-55(48-45-42-39-36-33-30-26-23-20-17-14-11-8-2)54(53-65-67(62,63)64-52-51-59(4,5)6)58-56(60)49-46-43-40-37-34-31-27-24-21-18-15-12-9-3/h22,25,31,34,45,48,54-55H,7-21,23-24,26-30,32-33,35-44,46-47,49-53H2,1-6H3,(H-,58,60,62,63)/p+1/b25-22-,34-31-,48-45+. The van der Waals surface area contributed by atoms with E-state index < -0.39 is 20.0 Å². The summed E-state index contributed by atoms with van der Waals surface area (Å²) in [7, 11) is 1.49.